The molecular formula is C59H52BF6NO2S2. The molecule has 1 saturated carbocycles. The van der Waals surface area contributed by atoms with Crippen LogP contribution in [0.15, 0.2) is 156 Å². The number of methoxy groups -OCH3 is 2. The molecule has 1 fully saturated rings. The van der Waals surface area contributed by atoms with Crippen molar-refractivity contribution in [3.05, 3.63) is 200 Å². The maximum absolute atomic E-state index is 16.4. The summed E-state index contributed by atoms with van der Waals surface area (Å²) in [5.41, 5.74) is 11.2. The molecule has 362 valence electrons. The second kappa shape index (κ2) is 17.1. The summed E-state index contributed by atoms with van der Waals surface area (Å²) in [4.78, 5) is 3.07. The zero-order chi connectivity index (χ0) is 50.7. The highest BCUT2D eigenvalue weighted by Gasteiger charge is 2.84. The lowest BCUT2D eigenvalue weighted by atomic mass is 9.34. The summed E-state index contributed by atoms with van der Waals surface area (Å²) in [5.74, 6) is -14.6. The average Bonchev–Trinajstić information content (AvgIpc) is 3.91. The van der Waals surface area contributed by atoms with Gasteiger partial charge in [0, 0.05) is 38.0 Å². The molecule has 2 unspecified atom stereocenters. The minimum atomic E-state index is -5.66. The van der Waals surface area contributed by atoms with Crippen molar-refractivity contribution in [2.24, 2.45) is 0 Å². The van der Waals surface area contributed by atoms with E-state index in [1.54, 1.807) is 28.1 Å². The Hall–Kier alpha value is -5.98. The number of benzene rings is 6. The molecule has 0 saturated heterocycles. The SMILES string of the molecule is COc1ccc(N(c2ccc(OC)cc2)c2ccc(C3=CC4=C5C(=C6C=C(c7ccc(B(c8c(C)cc(C)cc8C)c8c(C)cc(C)cc8C)cc7)SC6(C)C4(C)S3)C(F)(F)C(F)(F)C5(F)F)cc2)cc1. The molecule has 6 aromatic rings. The van der Waals surface area contributed by atoms with Gasteiger partial charge < -0.3 is 14.4 Å². The number of ether oxygens (including phenoxy) is 2. The van der Waals surface area contributed by atoms with E-state index >= 15 is 26.3 Å². The summed E-state index contributed by atoms with van der Waals surface area (Å²) >= 11 is 2.51. The highest BCUT2D eigenvalue weighted by atomic mass is 32.2. The van der Waals surface area contributed by atoms with Crippen molar-refractivity contribution in [1.82, 2.24) is 0 Å². The number of rotatable bonds is 10. The van der Waals surface area contributed by atoms with Crippen molar-refractivity contribution in [3.8, 4) is 11.5 Å². The molecule has 0 radical (unpaired) electrons. The van der Waals surface area contributed by atoms with E-state index in [9.17, 15) is 0 Å². The Morgan fingerprint density at radius 3 is 1.13 bits per heavy atom. The normalized spacial score (nSPS) is 21.4. The maximum atomic E-state index is 16.4. The molecular weight excluding hydrogens is 944 g/mol. The average molecular weight is 996 g/mol. The molecule has 3 nitrogen and oxygen atoms in total. The summed E-state index contributed by atoms with van der Waals surface area (Å²) in [6.45, 7) is 16.0. The molecule has 71 heavy (non-hydrogen) atoms. The molecule has 2 aliphatic carbocycles. The minimum Gasteiger partial charge on any atom is -0.497 e. The lowest BCUT2D eigenvalue weighted by Gasteiger charge is -2.47. The topological polar surface area (TPSA) is 21.7 Å². The van der Waals surface area contributed by atoms with Crippen LogP contribution in [0.3, 0.4) is 0 Å². The standard InChI is InChI=1S/C59H52BF6NO2S2/c1-33-27-35(3)53(36(4)28-33)60(54-37(5)29-34(2)30-38(54)6)41-15-11-39(12-16-41)49-31-47-51-52(58(63,64)59(65,66)57(51,61)62)48-32-50(71-56(48,8)55(47,7)70-49)40-13-17-42(18-14-40)67(43-19-23-45(68-9)24-20-43)44-21-25-46(69-10)26-22-44/h11-32H,1-10H3. The van der Waals surface area contributed by atoms with Crippen LogP contribution in [-0.4, -0.2) is 48.2 Å². The van der Waals surface area contributed by atoms with Crippen LogP contribution in [0.5, 0.6) is 11.5 Å². The summed E-state index contributed by atoms with van der Waals surface area (Å²) in [7, 11) is 3.19. The Morgan fingerprint density at radius 2 is 0.789 bits per heavy atom. The van der Waals surface area contributed by atoms with Crippen molar-refractivity contribution in [2.45, 2.75) is 82.7 Å². The van der Waals surface area contributed by atoms with Crippen LogP contribution < -0.4 is 30.8 Å². The first kappa shape index (κ1) is 48.6. The molecule has 2 aliphatic heterocycles. The first-order valence-electron chi connectivity index (χ1n) is 23.5. The van der Waals surface area contributed by atoms with Gasteiger partial charge >= 0.3 is 17.8 Å². The van der Waals surface area contributed by atoms with Crippen LogP contribution in [-0.2, 0) is 0 Å². The summed E-state index contributed by atoms with van der Waals surface area (Å²) in [6.07, 6.45) is 2.90. The second-order valence-corrected chi connectivity index (χ2v) is 22.5. The summed E-state index contributed by atoms with van der Waals surface area (Å²) < 4.78 is 105. The summed E-state index contributed by atoms with van der Waals surface area (Å²) in [6, 6.07) is 39.3. The maximum Gasteiger partial charge on any atom is 0.380 e. The molecule has 0 aromatic heterocycles. The van der Waals surface area contributed by atoms with Gasteiger partial charge in [-0.2, -0.15) is 26.3 Å². The Balaban J connectivity index is 1.05. The van der Waals surface area contributed by atoms with Gasteiger partial charge in [0.05, 0.1) is 23.7 Å². The Kier molecular flexibility index (Phi) is 11.7. The quantitative estimate of drug-likeness (QED) is 0.100. The van der Waals surface area contributed by atoms with E-state index < -0.39 is 38.4 Å². The Bertz CT molecular complexity index is 3140. The van der Waals surface area contributed by atoms with E-state index in [1.165, 1.54) is 57.7 Å². The number of anilines is 3. The van der Waals surface area contributed by atoms with E-state index in [-0.39, 0.29) is 17.9 Å². The third-order valence-electron chi connectivity index (χ3n) is 15.0. The van der Waals surface area contributed by atoms with Crippen LogP contribution in [0, 0.1) is 41.5 Å². The number of thioether (sulfide) groups is 2. The largest absolute Gasteiger partial charge is 0.497 e. The number of allylic oxidation sites excluding steroid dienone is 4. The minimum absolute atomic E-state index is 0.128. The van der Waals surface area contributed by atoms with Crippen molar-refractivity contribution in [2.75, 3.05) is 19.1 Å². The van der Waals surface area contributed by atoms with Crippen molar-refractivity contribution >= 4 is 73.5 Å². The molecule has 12 heteroatoms. The van der Waals surface area contributed by atoms with Gasteiger partial charge in [0.15, 0.2) is 0 Å². The van der Waals surface area contributed by atoms with Crippen molar-refractivity contribution in [1.29, 1.82) is 0 Å². The zero-order valence-electron chi connectivity index (χ0n) is 41.1. The van der Waals surface area contributed by atoms with Crippen LogP contribution in [0.4, 0.5) is 43.4 Å². The van der Waals surface area contributed by atoms with Gasteiger partial charge in [0.2, 0.25) is 6.71 Å². The fourth-order valence-corrected chi connectivity index (χ4v) is 14.6. The predicted molar refractivity (Wildman–Crippen MR) is 283 cm³/mol. The lowest BCUT2D eigenvalue weighted by molar-refractivity contribution is -0.258. The van der Waals surface area contributed by atoms with E-state index in [1.807, 2.05) is 102 Å². The number of hydrogen-bond donors (Lipinski definition) is 0. The first-order valence-corrected chi connectivity index (χ1v) is 25.1. The van der Waals surface area contributed by atoms with Crippen LogP contribution in [0.2, 0.25) is 0 Å². The van der Waals surface area contributed by atoms with E-state index in [2.05, 4.69) is 65.8 Å². The third-order valence-corrected chi connectivity index (χ3v) is 18.3. The molecule has 0 spiro atoms. The monoisotopic (exact) mass is 995 g/mol. The smallest absolute Gasteiger partial charge is 0.380 e. The number of alkyl halides is 6. The fourth-order valence-electron chi connectivity index (χ4n) is 11.5. The number of aryl methyl sites for hydroxylation is 6. The molecule has 6 aromatic carbocycles. The van der Waals surface area contributed by atoms with E-state index in [0.717, 1.165) is 44.8 Å². The van der Waals surface area contributed by atoms with Crippen LogP contribution >= 0.6 is 23.5 Å². The Morgan fingerprint density at radius 1 is 0.465 bits per heavy atom. The third kappa shape index (κ3) is 7.35. The van der Waals surface area contributed by atoms with Crippen LogP contribution in [0.25, 0.3) is 9.81 Å². The van der Waals surface area contributed by atoms with Gasteiger partial charge in [0.25, 0.3) is 0 Å². The van der Waals surface area contributed by atoms with Crippen LogP contribution in [0.1, 0.15) is 58.4 Å². The van der Waals surface area contributed by atoms with Crippen molar-refractivity contribution in [3.63, 3.8) is 0 Å². The number of nitrogens with zero attached hydrogens (tertiary/aromatic N) is 1. The van der Waals surface area contributed by atoms with Gasteiger partial charge in [-0.1, -0.05) is 110 Å². The number of halogens is 6. The van der Waals surface area contributed by atoms with Gasteiger partial charge in [-0.3, -0.25) is 0 Å². The number of fused-ring (bicyclic) bond motifs is 4. The molecule has 0 N–H and O–H groups in total. The zero-order valence-corrected chi connectivity index (χ0v) is 42.8. The fraction of sp³-hybridized carbons (Fsp3) is 0.254. The lowest BCUT2D eigenvalue weighted by Crippen LogP contribution is -2.55. The van der Waals surface area contributed by atoms with E-state index in [0.29, 0.717) is 32.4 Å². The van der Waals surface area contributed by atoms with Gasteiger partial charge in [0.1, 0.15) is 11.5 Å². The summed E-state index contributed by atoms with van der Waals surface area (Å²) in [5, 5.41) is 0. The molecule has 0 bridgehead atoms. The predicted octanol–water partition coefficient (Wildman–Crippen LogP) is 14.5. The molecule has 0 amide bonds. The van der Waals surface area contributed by atoms with Crippen molar-refractivity contribution < 1.29 is 35.8 Å². The van der Waals surface area contributed by atoms with E-state index in [4.69, 9.17) is 9.47 Å². The molecule has 4 aliphatic rings. The molecule has 2 heterocycles. The molecule has 2 atom stereocenters. The van der Waals surface area contributed by atoms with Gasteiger partial charge in [-0.25, -0.2) is 0 Å². The highest BCUT2D eigenvalue weighted by Crippen LogP contribution is 2.75. The van der Waals surface area contributed by atoms with Gasteiger partial charge in [-0.15, -0.1) is 23.5 Å². The first-order chi connectivity index (χ1) is 33.6. The van der Waals surface area contributed by atoms with Gasteiger partial charge in [-0.05, 0) is 150 Å². The number of hydrogen-bond acceptors (Lipinski definition) is 5. The second-order valence-electron chi connectivity index (χ2n) is 19.5. The molecule has 10 rings (SSSR count). The Labute approximate surface area is 420 Å². The highest BCUT2D eigenvalue weighted by molar-refractivity contribution is 8.14.